The minimum absolute atomic E-state index is 0.0619. The summed E-state index contributed by atoms with van der Waals surface area (Å²) in [6.45, 7) is 3.59. The number of carbonyl (C=O) groups is 1. The van der Waals surface area contributed by atoms with Crippen molar-refractivity contribution in [1.29, 1.82) is 0 Å². The molecule has 1 N–H and O–H groups in total. The molecule has 1 amide bonds. The Morgan fingerprint density at radius 1 is 1.58 bits per heavy atom. The van der Waals surface area contributed by atoms with Crippen LogP contribution in [0.2, 0.25) is 0 Å². The molecule has 0 spiro atoms. The zero-order valence-corrected chi connectivity index (χ0v) is 8.02. The van der Waals surface area contributed by atoms with Crippen molar-refractivity contribution in [3.63, 3.8) is 0 Å². The molecule has 4 nitrogen and oxygen atoms in total. The molecule has 1 atom stereocenters. The van der Waals surface area contributed by atoms with Crippen molar-refractivity contribution in [2.24, 2.45) is 0 Å². The fraction of sp³-hybridized carbons (Fsp3) is 0.857. The van der Waals surface area contributed by atoms with E-state index in [1.807, 2.05) is 0 Å². The van der Waals surface area contributed by atoms with Crippen LogP contribution < -0.4 is 4.31 Å². The molecule has 5 heteroatoms. The Balaban J connectivity index is 2.24. The Morgan fingerprint density at radius 2 is 2.17 bits per heavy atom. The Kier molecular flexibility index (Phi) is 4.00. The maximum absolute atomic E-state index is 11.2. The molecule has 0 aliphatic carbocycles. The second-order valence-electron chi connectivity index (χ2n) is 2.87. The molecular weight excluding hydrogens is 176 g/mol. The average molecular weight is 190 g/mol. The van der Waals surface area contributed by atoms with Gasteiger partial charge >= 0.3 is 5.91 Å². The smallest absolute Gasteiger partial charge is 0.308 e. The minimum atomic E-state index is 0.0619. The van der Waals surface area contributed by atoms with Gasteiger partial charge in [-0.3, -0.25) is 4.90 Å². The lowest BCUT2D eigenvalue weighted by atomic mass is 10.4. The van der Waals surface area contributed by atoms with Gasteiger partial charge in [0.1, 0.15) is 6.54 Å². The largest absolute Gasteiger partial charge is 0.487 e. The molecule has 0 aromatic heterocycles. The van der Waals surface area contributed by atoms with Gasteiger partial charge in [0.05, 0.1) is 20.3 Å². The number of amides is 1. The summed E-state index contributed by atoms with van der Waals surface area (Å²) in [5.74, 6) is 0.0619. The van der Waals surface area contributed by atoms with E-state index in [-0.39, 0.29) is 5.91 Å². The molecule has 12 heavy (non-hydrogen) atoms. The van der Waals surface area contributed by atoms with Gasteiger partial charge in [-0.25, -0.2) is 4.79 Å². The normalized spacial score (nSPS) is 22.2. The summed E-state index contributed by atoms with van der Waals surface area (Å²) < 4.78 is 5.63. The van der Waals surface area contributed by atoms with E-state index >= 15 is 0 Å². The number of nitrogens with one attached hydrogen (secondary N) is 1. The maximum atomic E-state index is 11.2. The summed E-state index contributed by atoms with van der Waals surface area (Å²) >= 11 is 4.78. The Bertz CT molecular complexity index is 157. The van der Waals surface area contributed by atoms with Crippen molar-refractivity contribution in [2.45, 2.75) is 0 Å². The fourth-order valence-electron chi connectivity index (χ4n) is 1.07. The van der Waals surface area contributed by atoms with Crippen LogP contribution in [0.3, 0.4) is 0 Å². The number of quaternary nitrogens is 1. The third kappa shape index (κ3) is 3.10. The zero-order chi connectivity index (χ0) is 8.97. The van der Waals surface area contributed by atoms with Crippen LogP contribution in [0.1, 0.15) is 0 Å². The lowest BCUT2D eigenvalue weighted by molar-refractivity contribution is -0.640. The van der Waals surface area contributed by atoms with E-state index in [4.69, 9.17) is 17.6 Å². The van der Waals surface area contributed by atoms with Crippen LogP contribution >= 0.6 is 0 Å². The van der Waals surface area contributed by atoms with E-state index in [2.05, 4.69) is 4.90 Å². The van der Waals surface area contributed by atoms with E-state index in [0.29, 0.717) is 10.8 Å². The molecule has 0 bridgehead atoms. The molecule has 0 saturated carbocycles. The van der Waals surface area contributed by atoms with Crippen molar-refractivity contribution >= 4 is 18.7 Å². The first kappa shape index (κ1) is 9.98. The highest BCUT2D eigenvalue weighted by Crippen LogP contribution is 1.94. The molecule has 1 rings (SSSR count). The van der Waals surface area contributed by atoms with Crippen LogP contribution in [-0.4, -0.2) is 50.7 Å². The number of carbonyl (C=O) groups excluding carboxylic acids is 1. The zero-order valence-electron chi connectivity index (χ0n) is 7.21. The number of likely N-dealkylation sites (N-methyl/N-ethyl adjacent to an activating group) is 1. The summed E-state index contributed by atoms with van der Waals surface area (Å²) in [6, 6.07) is 0. The highest BCUT2D eigenvalue weighted by Gasteiger charge is 2.15. The third-order valence-corrected chi connectivity index (χ3v) is 2.09. The third-order valence-electron chi connectivity index (χ3n) is 1.86. The first-order valence-electron chi connectivity index (χ1n) is 4.04. The minimum Gasteiger partial charge on any atom is -0.487 e. The Morgan fingerprint density at radius 3 is 2.67 bits per heavy atom. The Hall–Kier alpha value is -0.100. The van der Waals surface area contributed by atoms with Gasteiger partial charge in [-0.05, 0) is 0 Å². The summed E-state index contributed by atoms with van der Waals surface area (Å²) in [5, 5.41) is 0. The molecule has 1 aliphatic rings. The predicted molar refractivity (Wildman–Crippen MR) is 46.5 cm³/mol. The van der Waals surface area contributed by atoms with Crippen molar-refractivity contribution < 1.29 is 13.8 Å². The van der Waals surface area contributed by atoms with E-state index < -0.39 is 0 Å². The van der Waals surface area contributed by atoms with Crippen molar-refractivity contribution in [1.82, 2.24) is 4.90 Å². The van der Waals surface area contributed by atoms with Gasteiger partial charge in [0.15, 0.2) is 0 Å². The molecule has 70 valence electrons. The van der Waals surface area contributed by atoms with E-state index in [1.165, 1.54) is 0 Å². The molecule has 1 aliphatic heterocycles. The molecule has 0 aromatic rings. The predicted octanol–water partition coefficient (Wildman–Crippen LogP) is -2.18. The van der Waals surface area contributed by atoms with Gasteiger partial charge in [0.2, 0.25) is 0 Å². The van der Waals surface area contributed by atoms with Gasteiger partial charge in [0, 0.05) is 13.1 Å². The van der Waals surface area contributed by atoms with Gasteiger partial charge in [-0.15, -0.1) is 0 Å². The van der Waals surface area contributed by atoms with Crippen molar-refractivity contribution in [2.75, 3.05) is 39.9 Å². The summed E-state index contributed by atoms with van der Waals surface area (Å²) in [4.78, 5) is 13.3. The lowest BCUT2D eigenvalue weighted by Crippen LogP contribution is -3.08. The van der Waals surface area contributed by atoms with Gasteiger partial charge < -0.3 is 21.9 Å². The van der Waals surface area contributed by atoms with Crippen LogP contribution in [0.15, 0.2) is 0 Å². The highest BCUT2D eigenvalue weighted by molar-refractivity contribution is 7.51. The van der Waals surface area contributed by atoms with Crippen molar-refractivity contribution in [3.8, 4) is 0 Å². The quantitative estimate of drug-likeness (QED) is 0.502. The number of rotatable bonds is 2. The molecule has 0 aromatic carbocycles. The molecule has 1 unspecified atom stereocenters. The Labute approximate surface area is 78.0 Å². The van der Waals surface area contributed by atoms with Crippen LogP contribution in [0.5, 0.6) is 0 Å². The molecule has 0 radical (unpaired) electrons. The fourth-order valence-corrected chi connectivity index (χ4v) is 1.14. The number of hydrogen-bond donors (Lipinski definition) is 1. The van der Waals surface area contributed by atoms with E-state index in [0.717, 1.165) is 26.3 Å². The number of nitrogens with zero attached hydrogens (tertiary/aromatic N) is 1. The monoisotopic (exact) mass is 190 g/mol. The van der Waals surface area contributed by atoms with Gasteiger partial charge in [-0.1, -0.05) is 0 Å². The molecule has 1 fully saturated rings. The van der Waals surface area contributed by atoms with E-state index in [1.54, 1.807) is 7.05 Å². The van der Waals surface area contributed by atoms with Gasteiger partial charge in [-0.2, -0.15) is 0 Å². The number of ether oxygens (including phenoxy) is 1. The first-order valence-corrected chi connectivity index (χ1v) is 4.45. The van der Waals surface area contributed by atoms with Crippen LogP contribution in [0, 0.1) is 0 Å². The van der Waals surface area contributed by atoms with Crippen LogP contribution in [-0.2, 0) is 22.3 Å². The van der Waals surface area contributed by atoms with E-state index in [9.17, 15) is 4.79 Å². The number of morpholine rings is 1. The summed E-state index contributed by atoms with van der Waals surface area (Å²) in [7, 11) is 1.68. The first-order chi connectivity index (χ1) is 5.70. The highest BCUT2D eigenvalue weighted by atomic mass is 32.1. The second kappa shape index (κ2) is 4.81. The lowest BCUT2D eigenvalue weighted by Gasteiger charge is -2.27. The van der Waals surface area contributed by atoms with Crippen LogP contribution in [0.4, 0.5) is 0 Å². The molecule has 1 heterocycles. The van der Waals surface area contributed by atoms with Crippen molar-refractivity contribution in [3.05, 3.63) is 0 Å². The maximum Gasteiger partial charge on any atom is 0.308 e. The SMILES string of the molecule is C[NH+]([S-])C(=O)CN1CCOCC1. The second-order valence-corrected chi connectivity index (χ2v) is 3.48. The van der Waals surface area contributed by atoms with Crippen LogP contribution in [0.25, 0.3) is 0 Å². The topological polar surface area (TPSA) is 34.0 Å². The summed E-state index contributed by atoms with van der Waals surface area (Å²) in [5.41, 5.74) is 0. The summed E-state index contributed by atoms with van der Waals surface area (Å²) in [6.07, 6.45) is 0. The molecule has 1 saturated heterocycles. The number of hydrogen-bond acceptors (Lipinski definition) is 4. The average Bonchev–Trinajstić information content (AvgIpc) is 2.06. The molecular formula is C7H14N2O2S. The standard InChI is InChI=1S/C7H14N2O2S/c1-8(12)7(10)6-9-2-4-11-5-3-9/h8H,2-6H2,1H3. The van der Waals surface area contributed by atoms with Gasteiger partial charge in [0.25, 0.3) is 0 Å².